The maximum absolute atomic E-state index is 12.9. The quantitative estimate of drug-likeness (QED) is 0.792. The summed E-state index contributed by atoms with van der Waals surface area (Å²) in [4.78, 5) is 11.0. The molecular weight excluding hydrogens is 197 g/mol. The molecular formula is C10H6FN3O. The molecule has 0 fully saturated rings. The lowest BCUT2D eigenvalue weighted by atomic mass is 10.2. The van der Waals surface area contributed by atoms with Crippen molar-refractivity contribution in [1.29, 1.82) is 10.5 Å². The van der Waals surface area contributed by atoms with E-state index >= 15 is 0 Å². The zero-order valence-corrected chi connectivity index (χ0v) is 7.62. The average Bonchev–Trinajstić information content (AvgIpc) is 2.17. The fourth-order valence-corrected chi connectivity index (χ4v) is 1.00. The van der Waals surface area contributed by atoms with E-state index in [2.05, 4.69) is 5.32 Å². The molecule has 0 aliphatic carbocycles. The molecule has 0 heterocycles. The first-order valence-corrected chi connectivity index (χ1v) is 4.03. The number of carbonyl (C=O) groups is 1. The molecule has 15 heavy (non-hydrogen) atoms. The van der Waals surface area contributed by atoms with Crippen LogP contribution in [0.1, 0.15) is 12.0 Å². The van der Waals surface area contributed by atoms with Gasteiger partial charge in [0.05, 0.1) is 17.7 Å². The Labute approximate surface area is 85.6 Å². The van der Waals surface area contributed by atoms with Gasteiger partial charge in [-0.3, -0.25) is 4.79 Å². The molecule has 0 saturated heterocycles. The molecule has 0 bridgehead atoms. The van der Waals surface area contributed by atoms with E-state index in [1.54, 1.807) is 12.1 Å². The minimum Gasteiger partial charge on any atom is -0.325 e. The van der Waals surface area contributed by atoms with Gasteiger partial charge in [-0.25, -0.2) is 4.39 Å². The van der Waals surface area contributed by atoms with Gasteiger partial charge in [0.15, 0.2) is 0 Å². The summed E-state index contributed by atoms with van der Waals surface area (Å²) < 4.78 is 12.9. The lowest BCUT2D eigenvalue weighted by molar-refractivity contribution is -0.115. The van der Waals surface area contributed by atoms with Gasteiger partial charge in [-0.1, -0.05) is 0 Å². The fourth-order valence-electron chi connectivity index (χ4n) is 1.00. The Morgan fingerprint density at radius 2 is 2.13 bits per heavy atom. The van der Waals surface area contributed by atoms with Crippen molar-refractivity contribution in [2.24, 2.45) is 0 Å². The van der Waals surface area contributed by atoms with Gasteiger partial charge in [-0.05, 0) is 18.2 Å². The lowest BCUT2D eigenvalue weighted by Gasteiger charge is -2.02. The molecule has 4 nitrogen and oxygen atoms in total. The monoisotopic (exact) mass is 203 g/mol. The molecule has 0 saturated carbocycles. The van der Waals surface area contributed by atoms with Crippen molar-refractivity contribution in [3.63, 3.8) is 0 Å². The molecule has 74 valence electrons. The number of anilines is 1. The summed E-state index contributed by atoms with van der Waals surface area (Å²) in [5.41, 5.74) is 0.286. The zero-order chi connectivity index (χ0) is 11.3. The van der Waals surface area contributed by atoms with Crippen LogP contribution in [0.3, 0.4) is 0 Å². The van der Waals surface area contributed by atoms with Crippen LogP contribution in [-0.2, 0) is 4.79 Å². The molecule has 1 aromatic rings. The van der Waals surface area contributed by atoms with Crippen molar-refractivity contribution in [2.75, 3.05) is 5.32 Å². The van der Waals surface area contributed by atoms with Crippen LogP contribution in [0.4, 0.5) is 10.1 Å². The van der Waals surface area contributed by atoms with Gasteiger partial charge in [0.25, 0.3) is 0 Å². The van der Waals surface area contributed by atoms with Gasteiger partial charge in [-0.15, -0.1) is 0 Å². The smallest absolute Gasteiger partial charge is 0.238 e. The van der Waals surface area contributed by atoms with E-state index in [1.807, 2.05) is 0 Å². The van der Waals surface area contributed by atoms with E-state index in [1.165, 1.54) is 6.07 Å². The third kappa shape index (κ3) is 3.09. The second kappa shape index (κ2) is 4.73. The van der Waals surface area contributed by atoms with Gasteiger partial charge in [0, 0.05) is 5.69 Å². The second-order valence-corrected chi connectivity index (χ2v) is 2.72. The number of nitriles is 2. The number of carbonyl (C=O) groups excluding carboxylic acids is 1. The van der Waals surface area contributed by atoms with Crippen molar-refractivity contribution >= 4 is 11.6 Å². The summed E-state index contributed by atoms with van der Waals surface area (Å²) in [7, 11) is 0. The third-order valence-electron chi connectivity index (χ3n) is 1.55. The van der Waals surface area contributed by atoms with E-state index < -0.39 is 11.7 Å². The first kappa shape index (κ1) is 10.7. The Hall–Kier alpha value is -2.40. The highest BCUT2D eigenvalue weighted by Gasteiger charge is 2.04. The van der Waals surface area contributed by atoms with Gasteiger partial charge in [0.1, 0.15) is 12.2 Å². The molecule has 0 aromatic heterocycles. The highest BCUT2D eigenvalue weighted by molar-refractivity contribution is 5.92. The second-order valence-electron chi connectivity index (χ2n) is 2.72. The highest BCUT2D eigenvalue weighted by Crippen LogP contribution is 2.13. The van der Waals surface area contributed by atoms with Crippen LogP contribution in [0.5, 0.6) is 0 Å². The molecule has 1 rings (SSSR count). The Morgan fingerprint density at radius 1 is 1.40 bits per heavy atom. The van der Waals surface area contributed by atoms with Crippen LogP contribution in [0.2, 0.25) is 0 Å². The number of nitrogens with zero attached hydrogens (tertiary/aromatic N) is 2. The summed E-state index contributed by atoms with van der Waals surface area (Å²) in [5.74, 6) is -1.15. The van der Waals surface area contributed by atoms with E-state index in [9.17, 15) is 9.18 Å². The third-order valence-corrected chi connectivity index (χ3v) is 1.55. The summed E-state index contributed by atoms with van der Waals surface area (Å²) in [6, 6.07) is 6.88. The minimum absolute atomic E-state index is 0.113. The molecule has 0 spiro atoms. The Balaban J connectivity index is 2.88. The molecule has 0 aliphatic heterocycles. The maximum Gasteiger partial charge on any atom is 0.238 e. The largest absolute Gasteiger partial charge is 0.325 e. The summed E-state index contributed by atoms with van der Waals surface area (Å²) >= 11 is 0. The molecule has 1 aromatic carbocycles. The summed E-state index contributed by atoms with van der Waals surface area (Å²) in [5, 5.41) is 19.1. The summed E-state index contributed by atoms with van der Waals surface area (Å²) in [6.45, 7) is 0. The standard InChI is InChI=1S/C10H6FN3O/c11-8-3-7(6-13)4-9(5-8)14-10(15)1-2-12/h3-5H,1H2,(H,14,15). The van der Waals surface area contributed by atoms with E-state index in [0.29, 0.717) is 0 Å². The van der Waals surface area contributed by atoms with Crippen molar-refractivity contribution in [1.82, 2.24) is 0 Å². The van der Waals surface area contributed by atoms with Crippen LogP contribution in [0.25, 0.3) is 0 Å². The van der Waals surface area contributed by atoms with E-state index in [4.69, 9.17) is 10.5 Å². The molecule has 0 aliphatic rings. The van der Waals surface area contributed by atoms with Crippen LogP contribution in [0.15, 0.2) is 18.2 Å². The zero-order valence-electron chi connectivity index (χ0n) is 7.62. The lowest BCUT2D eigenvalue weighted by Crippen LogP contribution is -2.10. The normalized spacial score (nSPS) is 8.73. The Bertz CT molecular complexity index is 471. The summed E-state index contributed by atoms with van der Waals surface area (Å²) in [6.07, 6.45) is -0.307. The Kier molecular flexibility index (Phi) is 3.37. The van der Waals surface area contributed by atoms with E-state index in [-0.39, 0.29) is 17.7 Å². The number of nitrogens with one attached hydrogen (secondary N) is 1. The number of rotatable bonds is 2. The predicted molar refractivity (Wildman–Crippen MR) is 50.0 cm³/mol. The van der Waals surface area contributed by atoms with Crippen molar-refractivity contribution in [3.8, 4) is 12.1 Å². The number of amides is 1. The van der Waals surface area contributed by atoms with Gasteiger partial charge in [0.2, 0.25) is 5.91 Å². The maximum atomic E-state index is 12.9. The van der Waals surface area contributed by atoms with E-state index in [0.717, 1.165) is 12.1 Å². The average molecular weight is 203 g/mol. The van der Waals surface area contributed by atoms with Crippen LogP contribution in [-0.4, -0.2) is 5.91 Å². The number of benzene rings is 1. The van der Waals surface area contributed by atoms with Gasteiger partial charge >= 0.3 is 0 Å². The topological polar surface area (TPSA) is 76.7 Å². The molecule has 0 atom stereocenters. The molecule has 1 amide bonds. The molecule has 0 radical (unpaired) electrons. The van der Waals surface area contributed by atoms with Crippen LogP contribution >= 0.6 is 0 Å². The number of hydrogen-bond donors (Lipinski definition) is 1. The SMILES string of the molecule is N#CCC(=O)Nc1cc(F)cc(C#N)c1. The van der Waals surface area contributed by atoms with Gasteiger partial charge < -0.3 is 5.32 Å². The van der Waals surface area contributed by atoms with Gasteiger partial charge in [-0.2, -0.15) is 10.5 Å². The Morgan fingerprint density at radius 3 is 2.73 bits per heavy atom. The fraction of sp³-hybridized carbons (Fsp3) is 0.100. The first-order valence-electron chi connectivity index (χ1n) is 4.03. The highest BCUT2D eigenvalue weighted by atomic mass is 19.1. The minimum atomic E-state index is -0.610. The molecule has 5 heteroatoms. The first-order chi connectivity index (χ1) is 7.15. The molecule has 0 unspecified atom stereocenters. The van der Waals surface area contributed by atoms with Crippen molar-refractivity contribution < 1.29 is 9.18 Å². The molecule has 1 N–H and O–H groups in total. The van der Waals surface area contributed by atoms with Crippen LogP contribution < -0.4 is 5.32 Å². The van der Waals surface area contributed by atoms with Crippen LogP contribution in [0, 0.1) is 28.5 Å². The van der Waals surface area contributed by atoms with Crippen molar-refractivity contribution in [2.45, 2.75) is 6.42 Å². The number of halogens is 1. The predicted octanol–water partition coefficient (Wildman–Crippen LogP) is 1.55. The number of hydrogen-bond acceptors (Lipinski definition) is 3. The van der Waals surface area contributed by atoms with Crippen molar-refractivity contribution in [3.05, 3.63) is 29.6 Å².